The number of aliphatic carboxylic acids is 1. The minimum atomic E-state index is -0.921. The van der Waals surface area contributed by atoms with Crippen LogP contribution >= 0.6 is 0 Å². The highest BCUT2D eigenvalue weighted by Gasteiger charge is 2.36. The Morgan fingerprint density at radius 1 is 1.13 bits per heavy atom. The summed E-state index contributed by atoms with van der Waals surface area (Å²) in [6, 6.07) is 6.13. The zero-order chi connectivity index (χ0) is 17.0. The van der Waals surface area contributed by atoms with E-state index in [0.717, 1.165) is 16.7 Å². The Hall–Kier alpha value is -2.17. The van der Waals surface area contributed by atoms with Crippen molar-refractivity contribution in [3.63, 3.8) is 0 Å². The van der Waals surface area contributed by atoms with Gasteiger partial charge in [0.25, 0.3) is 0 Å². The number of carbonyl (C=O) groups excluding carboxylic acids is 1. The van der Waals surface area contributed by atoms with E-state index < -0.39 is 17.8 Å². The van der Waals surface area contributed by atoms with E-state index in [4.69, 9.17) is 0 Å². The van der Waals surface area contributed by atoms with Crippen molar-refractivity contribution in [2.75, 3.05) is 6.54 Å². The number of benzene rings is 1. The fourth-order valence-electron chi connectivity index (χ4n) is 2.94. The molecule has 124 valence electrons. The van der Waals surface area contributed by atoms with E-state index >= 15 is 0 Å². The van der Waals surface area contributed by atoms with Gasteiger partial charge in [0.2, 0.25) is 5.91 Å². The SMILES string of the molecule is CC1=C(C)C[C@@H](C(=O)NCCc2ccc(F)cc2)[C@@H](C(=O)O)C1. The van der Waals surface area contributed by atoms with Crippen LogP contribution in [0.2, 0.25) is 0 Å². The van der Waals surface area contributed by atoms with Crippen LogP contribution in [0.1, 0.15) is 32.3 Å². The monoisotopic (exact) mass is 319 g/mol. The smallest absolute Gasteiger partial charge is 0.307 e. The lowest BCUT2D eigenvalue weighted by atomic mass is 9.76. The predicted octanol–water partition coefficient (Wildman–Crippen LogP) is 2.93. The van der Waals surface area contributed by atoms with Crippen LogP contribution in [0, 0.1) is 17.7 Å². The quantitative estimate of drug-likeness (QED) is 0.820. The Morgan fingerprint density at radius 3 is 2.26 bits per heavy atom. The highest BCUT2D eigenvalue weighted by Crippen LogP contribution is 2.34. The van der Waals surface area contributed by atoms with Crippen molar-refractivity contribution in [3.8, 4) is 0 Å². The fraction of sp³-hybridized carbons (Fsp3) is 0.444. The minimum absolute atomic E-state index is 0.216. The maximum absolute atomic E-state index is 12.8. The summed E-state index contributed by atoms with van der Waals surface area (Å²) < 4.78 is 12.8. The Bertz CT molecular complexity index is 622. The lowest BCUT2D eigenvalue weighted by Crippen LogP contribution is -2.40. The van der Waals surface area contributed by atoms with Gasteiger partial charge in [0.1, 0.15) is 5.82 Å². The first-order chi connectivity index (χ1) is 10.9. The van der Waals surface area contributed by atoms with E-state index in [1.165, 1.54) is 12.1 Å². The second-order valence-electron chi connectivity index (χ2n) is 6.19. The second-order valence-corrected chi connectivity index (χ2v) is 6.19. The average molecular weight is 319 g/mol. The fourth-order valence-corrected chi connectivity index (χ4v) is 2.94. The Labute approximate surface area is 135 Å². The number of carboxylic acids is 1. The molecule has 0 bridgehead atoms. The lowest BCUT2D eigenvalue weighted by molar-refractivity contribution is -0.147. The molecule has 2 rings (SSSR count). The number of hydrogen-bond acceptors (Lipinski definition) is 2. The number of rotatable bonds is 5. The van der Waals surface area contributed by atoms with Crippen molar-refractivity contribution in [3.05, 3.63) is 46.8 Å². The molecule has 0 saturated heterocycles. The van der Waals surface area contributed by atoms with Crippen molar-refractivity contribution < 1.29 is 19.1 Å². The number of allylic oxidation sites excluding steroid dienone is 2. The number of nitrogens with one attached hydrogen (secondary N) is 1. The van der Waals surface area contributed by atoms with Crippen LogP contribution in [0.4, 0.5) is 4.39 Å². The Balaban J connectivity index is 1.93. The Morgan fingerprint density at radius 2 is 1.70 bits per heavy atom. The predicted molar refractivity (Wildman–Crippen MR) is 85.3 cm³/mol. The molecule has 23 heavy (non-hydrogen) atoms. The molecule has 0 heterocycles. The van der Waals surface area contributed by atoms with Crippen LogP contribution in [0.15, 0.2) is 35.4 Å². The molecule has 1 aromatic carbocycles. The normalized spacial score (nSPS) is 21.2. The second kappa shape index (κ2) is 7.40. The molecule has 4 nitrogen and oxygen atoms in total. The summed E-state index contributed by atoms with van der Waals surface area (Å²) in [6.07, 6.45) is 1.51. The largest absolute Gasteiger partial charge is 0.481 e. The van der Waals surface area contributed by atoms with Crippen LogP contribution in [-0.4, -0.2) is 23.5 Å². The topological polar surface area (TPSA) is 66.4 Å². The molecule has 0 radical (unpaired) electrons. The molecule has 0 aromatic heterocycles. The summed E-state index contributed by atoms with van der Waals surface area (Å²) in [6.45, 7) is 4.29. The molecule has 0 unspecified atom stereocenters. The highest BCUT2D eigenvalue weighted by molar-refractivity contribution is 5.85. The maximum atomic E-state index is 12.8. The van der Waals surface area contributed by atoms with E-state index in [9.17, 15) is 19.1 Å². The highest BCUT2D eigenvalue weighted by atomic mass is 19.1. The average Bonchev–Trinajstić information content (AvgIpc) is 2.51. The van der Waals surface area contributed by atoms with E-state index in [-0.39, 0.29) is 11.7 Å². The van der Waals surface area contributed by atoms with Crippen LogP contribution in [0.25, 0.3) is 0 Å². The molecular formula is C18H22FNO3. The molecule has 0 spiro atoms. The van der Waals surface area contributed by atoms with E-state index in [1.54, 1.807) is 12.1 Å². The van der Waals surface area contributed by atoms with Gasteiger partial charge in [-0.2, -0.15) is 0 Å². The summed E-state index contributed by atoms with van der Waals surface area (Å²) in [5.41, 5.74) is 3.09. The summed E-state index contributed by atoms with van der Waals surface area (Å²) in [5.74, 6) is -2.61. The van der Waals surface area contributed by atoms with E-state index in [1.807, 2.05) is 13.8 Å². The van der Waals surface area contributed by atoms with E-state index in [0.29, 0.717) is 25.8 Å². The van der Waals surface area contributed by atoms with Gasteiger partial charge >= 0.3 is 5.97 Å². The van der Waals surface area contributed by atoms with Gasteiger partial charge in [0, 0.05) is 6.54 Å². The van der Waals surface area contributed by atoms with Gasteiger partial charge in [-0.25, -0.2) is 4.39 Å². The van der Waals surface area contributed by atoms with Crippen LogP contribution in [-0.2, 0) is 16.0 Å². The molecule has 1 aliphatic carbocycles. The zero-order valence-electron chi connectivity index (χ0n) is 13.4. The standard InChI is InChI=1S/C18H22FNO3/c1-11-9-15(16(18(22)23)10-12(11)2)17(21)20-8-7-13-3-5-14(19)6-4-13/h3-6,15-16H,7-10H2,1-2H3,(H,20,21)(H,22,23)/t15-,16+/m1/s1. The third-order valence-corrected chi connectivity index (χ3v) is 4.55. The molecule has 2 atom stereocenters. The molecule has 1 aliphatic rings. The van der Waals surface area contributed by atoms with Gasteiger partial charge in [-0.15, -0.1) is 0 Å². The van der Waals surface area contributed by atoms with Gasteiger partial charge in [-0.1, -0.05) is 23.3 Å². The van der Waals surface area contributed by atoms with Gasteiger partial charge in [0.15, 0.2) is 0 Å². The van der Waals surface area contributed by atoms with Crippen LogP contribution in [0.5, 0.6) is 0 Å². The number of carboxylic acid groups (broad SMARTS) is 1. The summed E-state index contributed by atoms with van der Waals surface area (Å²) in [4.78, 5) is 23.8. The first-order valence-electron chi connectivity index (χ1n) is 7.78. The number of hydrogen-bond donors (Lipinski definition) is 2. The van der Waals surface area contributed by atoms with Crippen LogP contribution < -0.4 is 5.32 Å². The molecular weight excluding hydrogens is 297 g/mol. The van der Waals surface area contributed by atoms with Gasteiger partial charge in [0.05, 0.1) is 11.8 Å². The van der Waals surface area contributed by atoms with Crippen molar-refractivity contribution in [2.24, 2.45) is 11.8 Å². The maximum Gasteiger partial charge on any atom is 0.307 e. The first kappa shape index (κ1) is 17.2. The number of carbonyl (C=O) groups is 2. The van der Waals surface area contributed by atoms with Crippen molar-refractivity contribution in [1.29, 1.82) is 0 Å². The molecule has 5 heteroatoms. The van der Waals surface area contributed by atoms with Gasteiger partial charge in [-0.05, 0) is 50.8 Å². The van der Waals surface area contributed by atoms with Gasteiger partial charge < -0.3 is 10.4 Å². The summed E-state index contributed by atoms with van der Waals surface area (Å²) in [5, 5.41) is 12.2. The van der Waals surface area contributed by atoms with Crippen LogP contribution in [0.3, 0.4) is 0 Å². The van der Waals surface area contributed by atoms with Crippen molar-refractivity contribution in [2.45, 2.75) is 33.1 Å². The number of amides is 1. The van der Waals surface area contributed by atoms with Crippen molar-refractivity contribution in [1.82, 2.24) is 5.32 Å². The molecule has 2 N–H and O–H groups in total. The first-order valence-corrected chi connectivity index (χ1v) is 7.78. The third-order valence-electron chi connectivity index (χ3n) is 4.55. The molecule has 0 fully saturated rings. The zero-order valence-corrected chi connectivity index (χ0v) is 13.4. The number of halogens is 1. The molecule has 0 aliphatic heterocycles. The molecule has 1 aromatic rings. The minimum Gasteiger partial charge on any atom is -0.481 e. The summed E-state index contributed by atoms with van der Waals surface area (Å²) >= 11 is 0. The van der Waals surface area contributed by atoms with E-state index in [2.05, 4.69) is 5.32 Å². The Kier molecular flexibility index (Phi) is 5.53. The lowest BCUT2D eigenvalue weighted by Gasteiger charge is -2.29. The van der Waals surface area contributed by atoms with Gasteiger partial charge in [-0.3, -0.25) is 9.59 Å². The summed E-state index contributed by atoms with van der Waals surface area (Å²) in [7, 11) is 0. The third kappa shape index (κ3) is 4.41. The molecule has 0 saturated carbocycles. The molecule has 1 amide bonds. The van der Waals surface area contributed by atoms with Crippen molar-refractivity contribution >= 4 is 11.9 Å².